The number of rotatable bonds is 3. The minimum atomic E-state index is -1.38. The first-order valence-corrected chi connectivity index (χ1v) is 5.87. The Bertz CT molecular complexity index is 521. The summed E-state index contributed by atoms with van der Waals surface area (Å²) in [5, 5.41) is 15.8. The lowest BCUT2D eigenvalue weighted by Gasteiger charge is -2.10. The van der Waals surface area contributed by atoms with Gasteiger partial charge in [0, 0.05) is 4.90 Å². The van der Waals surface area contributed by atoms with Crippen LogP contribution in [0.1, 0.15) is 11.1 Å². The van der Waals surface area contributed by atoms with Gasteiger partial charge in [0.2, 0.25) is 5.82 Å². The Morgan fingerprint density at radius 1 is 1.24 bits per heavy atom. The first-order valence-electron chi connectivity index (χ1n) is 3.93. The van der Waals surface area contributed by atoms with E-state index in [0.29, 0.717) is 0 Å². The van der Waals surface area contributed by atoms with E-state index in [1.54, 1.807) is 6.07 Å². The van der Waals surface area contributed by atoms with Crippen molar-refractivity contribution < 1.29 is 12.8 Å². The van der Waals surface area contributed by atoms with Gasteiger partial charge in [0.05, 0.1) is 0 Å². The molecule has 1 rings (SSSR count). The maximum Gasteiger partial charge on any atom is 0.214 e. The summed E-state index contributed by atoms with van der Waals surface area (Å²) in [4.78, 5) is 3.23. The van der Waals surface area contributed by atoms with Gasteiger partial charge in [0.1, 0.15) is 35.4 Å². The van der Waals surface area contributed by atoms with Crippen molar-refractivity contribution in [2.24, 2.45) is 0 Å². The summed E-state index contributed by atoms with van der Waals surface area (Å²) in [6.07, 6.45) is 1.49. The highest BCUT2D eigenvalue weighted by atomic mass is 32.2. The summed E-state index contributed by atoms with van der Waals surface area (Å²) < 4.78 is 37.5. The standard InChI is InChI=1S/C8H3F3N4S2/c1-16-6-4(2-12)7(15(9)10)14-8(17-11)5(6)3-13/h1H3. The molecule has 0 amide bonds. The molecule has 17 heavy (non-hydrogen) atoms. The van der Waals surface area contributed by atoms with Crippen molar-refractivity contribution in [1.29, 1.82) is 10.5 Å². The minimum absolute atomic E-state index is 0.0135. The van der Waals surface area contributed by atoms with E-state index in [1.165, 1.54) is 12.3 Å². The van der Waals surface area contributed by atoms with E-state index in [1.807, 2.05) is 0 Å². The monoisotopic (exact) mass is 276 g/mol. The maximum absolute atomic E-state index is 12.5. The molecule has 1 aromatic heterocycles. The van der Waals surface area contributed by atoms with E-state index < -0.39 is 33.9 Å². The summed E-state index contributed by atoms with van der Waals surface area (Å²) in [6.45, 7) is 0. The van der Waals surface area contributed by atoms with Crippen LogP contribution >= 0.6 is 23.9 Å². The predicted molar refractivity (Wildman–Crippen MR) is 57.1 cm³/mol. The van der Waals surface area contributed by atoms with Crippen molar-refractivity contribution in [3.05, 3.63) is 11.1 Å². The van der Waals surface area contributed by atoms with Crippen LogP contribution in [0, 0.1) is 22.7 Å². The summed E-state index contributed by atoms with van der Waals surface area (Å²) >= 11 is 0.491. The second kappa shape index (κ2) is 5.66. The molecule has 0 radical (unpaired) electrons. The molecule has 9 heteroatoms. The zero-order valence-corrected chi connectivity index (χ0v) is 9.87. The largest absolute Gasteiger partial charge is 0.214 e. The zero-order chi connectivity index (χ0) is 13.0. The van der Waals surface area contributed by atoms with Crippen LogP contribution in [-0.2, 0) is 0 Å². The number of aromatic nitrogens is 1. The summed E-state index contributed by atoms with van der Waals surface area (Å²) in [5.41, 5.74) is -0.663. The molecule has 0 saturated heterocycles. The van der Waals surface area contributed by atoms with Crippen LogP contribution in [0.15, 0.2) is 9.92 Å². The second-order valence-corrected chi connectivity index (χ2v) is 3.91. The normalized spacial score (nSPS) is 9.53. The van der Waals surface area contributed by atoms with Gasteiger partial charge in [-0.25, -0.2) is 4.98 Å². The first-order chi connectivity index (χ1) is 8.10. The van der Waals surface area contributed by atoms with Crippen LogP contribution in [0.5, 0.6) is 0 Å². The van der Waals surface area contributed by atoms with Crippen molar-refractivity contribution >= 4 is 29.7 Å². The number of hydrogen-bond acceptors (Lipinski definition) is 6. The van der Waals surface area contributed by atoms with Crippen molar-refractivity contribution in [3.63, 3.8) is 0 Å². The Labute approximate surface area is 103 Å². The SMILES string of the molecule is CSc1c(C#N)c(SF)nc(N(F)F)c1C#N. The quantitative estimate of drug-likeness (QED) is 0.624. The van der Waals surface area contributed by atoms with Gasteiger partial charge in [-0.2, -0.15) is 14.4 Å². The number of hydrogen-bond donors (Lipinski definition) is 0. The van der Waals surface area contributed by atoms with Crippen LogP contribution < -0.4 is 5.34 Å². The third-order valence-electron chi connectivity index (χ3n) is 1.76. The average Bonchev–Trinajstić information content (AvgIpc) is 2.35. The van der Waals surface area contributed by atoms with E-state index in [2.05, 4.69) is 4.98 Å². The van der Waals surface area contributed by atoms with Gasteiger partial charge >= 0.3 is 0 Å². The van der Waals surface area contributed by atoms with Gasteiger partial charge in [0.15, 0.2) is 5.03 Å². The number of pyridine rings is 1. The predicted octanol–water partition coefficient (Wildman–Crippen LogP) is 3.10. The molecule has 0 aromatic carbocycles. The number of halogens is 3. The van der Waals surface area contributed by atoms with Crippen LogP contribution in [0.4, 0.5) is 18.7 Å². The van der Waals surface area contributed by atoms with Crippen molar-refractivity contribution in [2.75, 3.05) is 11.6 Å². The van der Waals surface area contributed by atoms with Gasteiger partial charge in [-0.1, -0.05) is 8.96 Å². The molecular formula is C8H3F3N4S2. The third-order valence-corrected chi connectivity index (χ3v) is 3.02. The molecule has 4 nitrogen and oxygen atoms in total. The fraction of sp³-hybridized carbons (Fsp3) is 0.125. The lowest BCUT2D eigenvalue weighted by Crippen LogP contribution is -2.06. The molecule has 0 bridgehead atoms. The summed E-state index contributed by atoms with van der Waals surface area (Å²) in [7, 11) is 0. The molecule has 0 aliphatic heterocycles. The van der Waals surface area contributed by atoms with Crippen LogP contribution in [-0.4, -0.2) is 11.2 Å². The van der Waals surface area contributed by atoms with Crippen molar-refractivity contribution in [1.82, 2.24) is 4.98 Å². The number of nitriles is 2. The Hall–Kier alpha value is -1.58. The highest BCUT2D eigenvalue weighted by Crippen LogP contribution is 2.36. The molecule has 0 aliphatic rings. The second-order valence-electron chi connectivity index (χ2n) is 2.56. The summed E-state index contributed by atoms with van der Waals surface area (Å²) in [6, 6.07) is 3.18. The Morgan fingerprint density at radius 3 is 2.18 bits per heavy atom. The van der Waals surface area contributed by atoms with Gasteiger partial charge in [-0.3, -0.25) is 0 Å². The maximum atomic E-state index is 12.5. The Balaban J connectivity index is 3.70. The van der Waals surface area contributed by atoms with Gasteiger partial charge in [-0.05, 0) is 11.6 Å². The van der Waals surface area contributed by atoms with Gasteiger partial charge < -0.3 is 0 Å². The molecule has 0 fully saturated rings. The first kappa shape index (κ1) is 13.5. The molecule has 0 N–H and O–H groups in total. The lowest BCUT2D eigenvalue weighted by atomic mass is 10.2. The molecule has 0 aliphatic carbocycles. The lowest BCUT2D eigenvalue weighted by molar-refractivity contribution is 0.230. The van der Waals surface area contributed by atoms with E-state index in [0.717, 1.165) is 11.8 Å². The summed E-state index contributed by atoms with van der Waals surface area (Å²) in [5.74, 6) is -0.962. The molecular weight excluding hydrogens is 273 g/mol. The number of thioether (sulfide) groups is 1. The molecule has 0 unspecified atom stereocenters. The number of anilines is 1. The Morgan fingerprint density at radius 2 is 1.82 bits per heavy atom. The zero-order valence-electron chi connectivity index (χ0n) is 8.24. The van der Waals surface area contributed by atoms with Gasteiger partial charge in [-0.15, -0.1) is 11.8 Å². The number of nitrogens with zero attached hydrogens (tertiary/aromatic N) is 4. The fourth-order valence-electron chi connectivity index (χ4n) is 1.11. The molecule has 1 aromatic rings. The van der Waals surface area contributed by atoms with Crippen molar-refractivity contribution in [3.8, 4) is 12.1 Å². The van der Waals surface area contributed by atoms with Crippen molar-refractivity contribution in [2.45, 2.75) is 9.92 Å². The van der Waals surface area contributed by atoms with E-state index >= 15 is 0 Å². The van der Waals surface area contributed by atoms with Crippen LogP contribution in [0.3, 0.4) is 0 Å². The highest BCUT2D eigenvalue weighted by Gasteiger charge is 2.24. The van der Waals surface area contributed by atoms with E-state index in [-0.39, 0.29) is 10.5 Å². The van der Waals surface area contributed by atoms with E-state index in [9.17, 15) is 12.8 Å². The fourth-order valence-corrected chi connectivity index (χ4v) is 2.21. The molecule has 1 heterocycles. The molecule has 88 valence electrons. The van der Waals surface area contributed by atoms with Gasteiger partial charge in [0.25, 0.3) is 0 Å². The molecule has 0 atom stereocenters. The topological polar surface area (TPSA) is 63.7 Å². The van der Waals surface area contributed by atoms with E-state index in [4.69, 9.17) is 10.5 Å². The third kappa shape index (κ3) is 2.40. The van der Waals surface area contributed by atoms with Crippen LogP contribution in [0.2, 0.25) is 0 Å². The molecule has 0 spiro atoms. The highest BCUT2D eigenvalue weighted by molar-refractivity contribution is 7.98. The molecule has 0 saturated carbocycles. The minimum Gasteiger partial charge on any atom is -0.214 e. The average molecular weight is 276 g/mol. The van der Waals surface area contributed by atoms with Crippen LogP contribution in [0.25, 0.3) is 0 Å². The smallest absolute Gasteiger partial charge is 0.214 e. The Kier molecular flexibility index (Phi) is 4.49.